The molecule has 0 saturated carbocycles. The van der Waals surface area contributed by atoms with Crippen LogP contribution in [0.1, 0.15) is 66.7 Å². The molecule has 0 aromatic carbocycles. The monoisotopic (exact) mass is 325 g/mol. The highest BCUT2D eigenvalue weighted by Gasteiger charge is 2.29. The molecule has 23 heavy (non-hydrogen) atoms. The van der Waals surface area contributed by atoms with E-state index in [0.717, 1.165) is 52.1 Å². The van der Waals surface area contributed by atoms with Crippen LogP contribution in [0.15, 0.2) is 0 Å². The minimum absolute atomic E-state index is 0.149. The maximum Gasteiger partial charge on any atom is 0.222 e. The zero-order chi connectivity index (χ0) is 17.3. The molecule has 1 N–H and O–H groups in total. The van der Waals surface area contributed by atoms with E-state index in [1.54, 1.807) is 0 Å². The van der Waals surface area contributed by atoms with Crippen LogP contribution < -0.4 is 5.32 Å². The second kappa shape index (κ2) is 10.3. The first-order chi connectivity index (χ1) is 10.9. The van der Waals surface area contributed by atoms with Crippen molar-refractivity contribution < 1.29 is 4.79 Å². The van der Waals surface area contributed by atoms with Crippen LogP contribution in [0.5, 0.6) is 0 Å². The van der Waals surface area contributed by atoms with E-state index in [1.807, 2.05) is 6.92 Å². The number of carbonyl (C=O) groups is 1. The molecular formula is C19H39N3O. The topological polar surface area (TPSA) is 35.6 Å². The van der Waals surface area contributed by atoms with Crippen LogP contribution in [0.4, 0.5) is 0 Å². The van der Waals surface area contributed by atoms with Gasteiger partial charge >= 0.3 is 0 Å². The summed E-state index contributed by atoms with van der Waals surface area (Å²) in [6.07, 6.45) is 5.94. The molecule has 0 radical (unpaired) electrons. The first-order valence-electron chi connectivity index (χ1n) is 9.65. The normalized spacial score (nSPS) is 18.8. The van der Waals surface area contributed by atoms with Gasteiger partial charge in [0.25, 0.3) is 0 Å². The maximum atomic E-state index is 11.9. The van der Waals surface area contributed by atoms with Crippen molar-refractivity contribution in [1.82, 2.24) is 15.1 Å². The van der Waals surface area contributed by atoms with Crippen molar-refractivity contribution in [2.75, 3.05) is 39.3 Å². The molecule has 1 aliphatic heterocycles. The van der Waals surface area contributed by atoms with Crippen molar-refractivity contribution >= 4 is 5.91 Å². The largest absolute Gasteiger partial charge is 0.355 e. The molecule has 1 saturated heterocycles. The van der Waals surface area contributed by atoms with Gasteiger partial charge in [-0.25, -0.2) is 0 Å². The summed E-state index contributed by atoms with van der Waals surface area (Å²) in [5.41, 5.74) is 0.325. The average molecular weight is 326 g/mol. The lowest BCUT2D eigenvalue weighted by atomic mass is 9.94. The first kappa shape index (κ1) is 20.4. The predicted octanol–water partition coefficient (Wildman–Crippen LogP) is 3.13. The molecule has 0 spiro atoms. The van der Waals surface area contributed by atoms with Gasteiger partial charge in [0.15, 0.2) is 0 Å². The number of nitrogens with zero attached hydrogens (tertiary/aromatic N) is 2. The van der Waals surface area contributed by atoms with E-state index in [-0.39, 0.29) is 11.8 Å². The zero-order valence-corrected chi connectivity index (χ0v) is 16.2. The number of piperazine rings is 1. The number of hydrogen-bond donors (Lipinski definition) is 1. The Labute approximate surface area is 144 Å². The molecule has 136 valence electrons. The number of carbonyl (C=O) groups excluding carboxylic acids is 1. The summed E-state index contributed by atoms with van der Waals surface area (Å²) in [5, 5.41) is 3.09. The molecule has 4 heteroatoms. The lowest BCUT2D eigenvalue weighted by Crippen LogP contribution is -2.55. The molecule has 1 rings (SSSR count). The Kier molecular flexibility index (Phi) is 9.15. The van der Waals surface area contributed by atoms with Crippen molar-refractivity contribution in [3.05, 3.63) is 0 Å². The highest BCUT2D eigenvalue weighted by molar-refractivity contribution is 5.78. The van der Waals surface area contributed by atoms with Gasteiger partial charge < -0.3 is 5.32 Å². The summed E-state index contributed by atoms with van der Waals surface area (Å²) < 4.78 is 0. The fourth-order valence-corrected chi connectivity index (χ4v) is 3.42. The Morgan fingerprint density at radius 2 is 1.78 bits per heavy atom. The molecule has 1 heterocycles. The summed E-state index contributed by atoms with van der Waals surface area (Å²) in [6.45, 7) is 17.5. The Morgan fingerprint density at radius 3 is 2.35 bits per heavy atom. The summed E-state index contributed by atoms with van der Waals surface area (Å²) >= 11 is 0. The Bertz CT molecular complexity index is 336. The predicted molar refractivity (Wildman–Crippen MR) is 98.7 cm³/mol. The van der Waals surface area contributed by atoms with Crippen molar-refractivity contribution in [2.24, 2.45) is 5.92 Å². The third kappa shape index (κ3) is 7.21. The van der Waals surface area contributed by atoms with Crippen molar-refractivity contribution in [3.8, 4) is 0 Å². The fourth-order valence-electron chi connectivity index (χ4n) is 3.42. The van der Waals surface area contributed by atoms with E-state index in [0.29, 0.717) is 5.54 Å². The third-order valence-electron chi connectivity index (χ3n) is 5.27. The van der Waals surface area contributed by atoms with Crippen molar-refractivity contribution in [1.29, 1.82) is 0 Å². The van der Waals surface area contributed by atoms with Crippen LogP contribution in [0.3, 0.4) is 0 Å². The van der Waals surface area contributed by atoms with E-state index < -0.39 is 0 Å². The van der Waals surface area contributed by atoms with Gasteiger partial charge in [0.05, 0.1) is 0 Å². The second-order valence-corrected chi connectivity index (χ2v) is 7.73. The van der Waals surface area contributed by atoms with E-state index in [9.17, 15) is 4.79 Å². The Hall–Kier alpha value is -0.610. The Balaban J connectivity index is 2.22. The third-order valence-corrected chi connectivity index (χ3v) is 5.27. The van der Waals surface area contributed by atoms with E-state index in [4.69, 9.17) is 0 Å². The van der Waals surface area contributed by atoms with Gasteiger partial charge in [-0.15, -0.1) is 0 Å². The van der Waals surface area contributed by atoms with E-state index in [2.05, 4.69) is 42.8 Å². The minimum atomic E-state index is 0.149. The zero-order valence-electron chi connectivity index (χ0n) is 16.2. The second-order valence-electron chi connectivity index (χ2n) is 7.73. The molecular weight excluding hydrogens is 286 g/mol. The highest BCUT2D eigenvalue weighted by atomic mass is 16.1. The van der Waals surface area contributed by atoms with Gasteiger partial charge in [-0.05, 0) is 26.7 Å². The van der Waals surface area contributed by atoms with Crippen molar-refractivity contribution in [2.45, 2.75) is 72.3 Å². The van der Waals surface area contributed by atoms with Crippen LogP contribution in [-0.4, -0.2) is 60.5 Å². The number of rotatable bonds is 10. The van der Waals surface area contributed by atoms with Crippen LogP contribution in [-0.2, 0) is 4.79 Å². The van der Waals surface area contributed by atoms with Gasteiger partial charge in [-0.3, -0.25) is 14.6 Å². The molecule has 1 fully saturated rings. The molecule has 1 atom stereocenters. The fraction of sp³-hybridized carbons (Fsp3) is 0.947. The molecule has 0 bridgehead atoms. The number of amides is 1. The number of hydrogen-bond acceptors (Lipinski definition) is 3. The standard InChI is InChI=1S/C19H39N3O/c1-6-8-10-19(4,5)22-15-13-21(14-16-22)12-11-20-18(23)17(3)9-7-2/h17H,6-16H2,1-5H3,(H,20,23). The molecule has 0 aliphatic carbocycles. The number of nitrogens with one attached hydrogen (secondary N) is 1. The first-order valence-corrected chi connectivity index (χ1v) is 9.65. The van der Waals surface area contributed by atoms with Crippen LogP contribution in [0, 0.1) is 5.92 Å². The van der Waals surface area contributed by atoms with Gasteiger partial charge in [0.1, 0.15) is 0 Å². The quantitative estimate of drug-likeness (QED) is 0.670. The molecule has 1 unspecified atom stereocenters. The lowest BCUT2D eigenvalue weighted by Gasteiger charge is -2.44. The SMILES string of the molecule is CCCCC(C)(C)N1CCN(CCNC(=O)C(C)CCC)CC1. The summed E-state index contributed by atoms with van der Waals surface area (Å²) in [7, 11) is 0. The smallest absolute Gasteiger partial charge is 0.222 e. The van der Waals surface area contributed by atoms with E-state index >= 15 is 0 Å². The number of unbranched alkanes of at least 4 members (excludes halogenated alkanes) is 1. The van der Waals surface area contributed by atoms with Crippen LogP contribution >= 0.6 is 0 Å². The Morgan fingerprint density at radius 1 is 1.13 bits per heavy atom. The van der Waals surface area contributed by atoms with Crippen LogP contribution in [0.2, 0.25) is 0 Å². The molecule has 1 aliphatic rings. The molecule has 4 nitrogen and oxygen atoms in total. The lowest BCUT2D eigenvalue weighted by molar-refractivity contribution is -0.124. The highest BCUT2D eigenvalue weighted by Crippen LogP contribution is 2.22. The summed E-state index contributed by atoms with van der Waals surface area (Å²) in [5.74, 6) is 0.363. The average Bonchev–Trinajstić information content (AvgIpc) is 2.53. The van der Waals surface area contributed by atoms with Crippen LogP contribution in [0.25, 0.3) is 0 Å². The van der Waals surface area contributed by atoms with Crippen molar-refractivity contribution in [3.63, 3.8) is 0 Å². The summed E-state index contributed by atoms with van der Waals surface area (Å²) in [6, 6.07) is 0. The van der Waals surface area contributed by atoms with Gasteiger partial charge in [0.2, 0.25) is 5.91 Å². The molecule has 0 aromatic rings. The summed E-state index contributed by atoms with van der Waals surface area (Å²) in [4.78, 5) is 17.0. The maximum absolute atomic E-state index is 11.9. The van der Waals surface area contributed by atoms with E-state index in [1.165, 1.54) is 19.3 Å². The van der Waals surface area contributed by atoms with Gasteiger partial charge in [0, 0.05) is 50.7 Å². The molecule has 0 aromatic heterocycles. The molecule has 1 amide bonds. The van der Waals surface area contributed by atoms with Gasteiger partial charge in [-0.2, -0.15) is 0 Å². The minimum Gasteiger partial charge on any atom is -0.355 e. The van der Waals surface area contributed by atoms with Gasteiger partial charge in [-0.1, -0.05) is 40.0 Å².